The van der Waals surface area contributed by atoms with E-state index in [2.05, 4.69) is 15.2 Å². The van der Waals surface area contributed by atoms with Crippen molar-refractivity contribution in [2.24, 2.45) is 0 Å². The molecule has 2 rings (SSSR count). The number of amides is 1. The fourth-order valence-electron chi connectivity index (χ4n) is 1.91. The van der Waals surface area contributed by atoms with E-state index in [1.165, 1.54) is 18.3 Å². The second-order valence-electron chi connectivity index (χ2n) is 4.45. The maximum atomic E-state index is 11.8. The Hall–Kier alpha value is -1.99. The molecule has 1 amide bonds. The molecule has 1 aliphatic heterocycles. The highest BCUT2D eigenvalue weighted by Crippen LogP contribution is 2.00. The molecule has 2 N–H and O–H groups in total. The molecule has 0 saturated carbocycles. The Balaban J connectivity index is 1.77. The van der Waals surface area contributed by atoms with Crippen molar-refractivity contribution in [1.29, 1.82) is 0 Å². The number of nitrogens with one attached hydrogen (secondary N) is 1. The van der Waals surface area contributed by atoms with Crippen LogP contribution in [0.25, 0.3) is 0 Å². The van der Waals surface area contributed by atoms with Crippen molar-refractivity contribution >= 4 is 11.9 Å². The number of aromatic nitrogens is 1. The number of hydrogen-bond donors (Lipinski definition) is 2. The first-order valence-electron chi connectivity index (χ1n) is 6.44. The molecule has 0 unspecified atom stereocenters. The highest BCUT2D eigenvalue weighted by Gasteiger charge is 2.11. The van der Waals surface area contributed by atoms with E-state index in [9.17, 15) is 9.59 Å². The Morgan fingerprint density at radius 1 is 1.35 bits per heavy atom. The van der Waals surface area contributed by atoms with Crippen LogP contribution in [0.4, 0.5) is 0 Å². The molecule has 0 radical (unpaired) electrons. The summed E-state index contributed by atoms with van der Waals surface area (Å²) >= 11 is 0. The van der Waals surface area contributed by atoms with Gasteiger partial charge in [0, 0.05) is 32.4 Å². The fraction of sp³-hybridized carbons (Fsp3) is 0.462. The van der Waals surface area contributed by atoms with Crippen molar-refractivity contribution in [3.8, 4) is 0 Å². The Labute approximate surface area is 116 Å². The number of ether oxygens (including phenoxy) is 1. The monoisotopic (exact) mass is 279 g/mol. The summed E-state index contributed by atoms with van der Waals surface area (Å²) in [5.41, 5.74) is 0.284. The summed E-state index contributed by atoms with van der Waals surface area (Å²) in [4.78, 5) is 28.4. The van der Waals surface area contributed by atoms with E-state index >= 15 is 0 Å². The third-order valence-corrected chi connectivity index (χ3v) is 3.06. The fourth-order valence-corrected chi connectivity index (χ4v) is 1.91. The number of morpholine rings is 1. The summed E-state index contributed by atoms with van der Waals surface area (Å²) in [7, 11) is 0. The summed E-state index contributed by atoms with van der Waals surface area (Å²) in [6.07, 6.45) is 1.27. The van der Waals surface area contributed by atoms with Gasteiger partial charge in [-0.15, -0.1) is 0 Å². The smallest absolute Gasteiger partial charge is 0.354 e. The van der Waals surface area contributed by atoms with Crippen LogP contribution in [0.1, 0.15) is 20.8 Å². The van der Waals surface area contributed by atoms with Crippen molar-refractivity contribution < 1.29 is 19.4 Å². The zero-order valence-electron chi connectivity index (χ0n) is 11.0. The molecule has 1 saturated heterocycles. The van der Waals surface area contributed by atoms with Gasteiger partial charge in [0.2, 0.25) is 0 Å². The largest absolute Gasteiger partial charge is 0.477 e. The maximum Gasteiger partial charge on any atom is 0.354 e. The molecule has 0 bridgehead atoms. The summed E-state index contributed by atoms with van der Waals surface area (Å²) in [6.45, 7) is 4.54. The van der Waals surface area contributed by atoms with Crippen LogP contribution in [-0.4, -0.2) is 66.3 Å². The Morgan fingerprint density at radius 2 is 2.10 bits per heavy atom. The van der Waals surface area contributed by atoms with Crippen LogP contribution < -0.4 is 5.32 Å². The van der Waals surface area contributed by atoms with Crippen molar-refractivity contribution in [3.63, 3.8) is 0 Å². The molecular weight excluding hydrogens is 262 g/mol. The molecule has 1 aromatic heterocycles. The van der Waals surface area contributed by atoms with E-state index in [1.807, 2.05) is 0 Å². The van der Waals surface area contributed by atoms with Gasteiger partial charge in [0.15, 0.2) is 0 Å². The first-order valence-corrected chi connectivity index (χ1v) is 6.44. The molecule has 0 aromatic carbocycles. The highest BCUT2D eigenvalue weighted by molar-refractivity contribution is 5.94. The van der Waals surface area contributed by atoms with Gasteiger partial charge in [-0.05, 0) is 12.1 Å². The summed E-state index contributed by atoms with van der Waals surface area (Å²) < 4.78 is 5.24. The SMILES string of the molecule is O=C(NCCN1CCOCC1)c1ccc(C(=O)O)nc1. The maximum absolute atomic E-state index is 11.8. The van der Waals surface area contributed by atoms with Crippen LogP contribution in [0.3, 0.4) is 0 Å². The van der Waals surface area contributed by atoms with Crippen molar-refractivity contribution in [2.45, 2.75) is 0 Å². The summed E-state index contributed by atoms with van der Waals surface area (Å²) in [6, 6.07) is 2.78. The van der Waals surface area contributed by atoms with E-state index < -0.39 is 5.97 Å². The number of carboxylic acids is 1. The summed E-state index contributed by atoms with van der Waals surface area (Å²) in [5.74, 6) is -1.35. The molecule has 108 valence electrons. The molecule has 2 heterocycles. The average molecular weight is 279 g/mol. The molecule has 1 aliphatic rings. The van der Waals surface area contributed by atoms with Crippen LogP contribution in [0, 0.1) is 0 Å². The molecule has 0 atom stereocenters. The highest BCUT2D eigenvalue weighted by atomic mass is 16.5. The van der Waals surface area contributed by atoms with Crippen LogP contribution >= 0.6 is 0 Å². The van der Waals surface area contributed by atoms with E-state index in [0.717, 1.165) is 32.8 Å². The first-order chi connectivity index (χ1) is 9.66. The third kappa shape index (κ3) is 4.01. The Kier molecular flexibility index (Phi) is 5.03. The number of carbonyl (C=O) groups excluding carboxylic acids is 1. The average Bonchev–Trinajstić information content (AvgIpc) is 2.48. The van der Waals surface area contributed by atoms with Gasteiger partial charge >= 0.3 is 5.97 Å². The van der Waals surface area contributed by atoms with Gasteiger partial charge in [0.05, 0.1) is 18.8 Å². The van der Waals surface area contributed by atoms with Crippen molar-refractivity contribution in [1.82, 2.24) is 15.2 Å². The third-order valence-electron chi connectivity index (χ3n) is 3.06. The standard InChI is InChI=1S/C13H17N3O4/c17-12(10-1-2-11(13(18)19)15-9-10)14-3-4-16-5-7-20-8-6-16/h1-2,9H,3-8H2,(H,14,17)(H,18,19). The minimum atomic E-state index is -1.11. The van der Waals surface area contributed by atoms with E-state index in [-0.39, 0.29) is 11.6 Å². The predicted octanol–water partition coefficient (Wildman–Crippen LogP) is -0.158. The van der Waals surface area contributed by atoms with Gasteiger partial charge in [-0.3, -0.25) is 9.69 Å². The van der Waals surface area contributed by atoms with E-state index in [1.54, 1.807) is 0 Å². The second kappa shape index (κ2) is 6.97. The molecule has 7 nitrogen and oxygen atoms in total. The van der Waals surface area contributed by atoms with E-state index in [4.69, 9.17) is 9.84 Å². The van der Waals surface area contributed by atoms with Crippen LogP contribution in [0.15, 0.2) is 18.3 Å². The van der Waals surface area contributed by atoms with Gasteiger partial charge in [0.1, 0.15) is 5.69 Å². The number of rotatable bonds is 5. The van der Waals surface area contributed by atoms with Gasteiger partial charge < -0.3 is 15.2 Å². The zero-order valence-corrected chi connectivity index (χ0v) is 11.0. The molecule has 7 heteroatoms. The molecule has 1 fully saturated rings. The van der Waals surface area contributed by atoms with E-state index in [0.29, 0.717) is 12.1 Å². The van der Waals surface area contributed by atoms with Gasteiger partial charge in [-0.25, -0.2) is 9.78 Å². The van der Waals surface area contributed by atoms with Crippen molar-refractivity contribution in [2.75, 3.05) is 39.4 Å². The number of carboxylic acid groups (broad SMARTS) is 1. The van der Waals surface area contributed by atoms with Crippen LogP contribution in [-0.2, 0) is 4.74 Å². The number of nitrogens with zero attached hydrogens (tertiary/aromatic N) is 2. The molecule has 20 heavy (non-hydrogen) atoms. The molecule has 1 aromatic rings. The quantitative estimate of drug-likeness (QED) is 0.778. The lowest BCUT2D eigenvalue weighted by Crippen LogP contribution is -2.41. The minimum Gasteiger partial charge on any atom is -0.477 e. The summed E-state index contributed by atoms with van der Waals surface area (Å²) in [5, 5.41) is 11.5. The lowest BCUT2D eigenvalue weighted by atomic mass is 10.2. The van der Waals surface area contributed by atoms with Crippen LogP contribution in [0.5, 0.6) is 0 Å². The van der Waals surface area contributed by atoms with Gasteiger partial charge in [-0.1, -0.05) is 0 Å². The number of pyridine rings is 1. The molecule has 0 aliphatic carbocycles. The Bertz CT molecular complexity index is 469. The number of carbonyl (C=O) groups is 2. The molecular formula is C13H17N3O4. The molecule has 0 spiro atoms. The normalized spacial score (nSPS) is 15.8. The van der Waals surface area contributed by atoms with Crippen molar-refractivity contribution in [3.05, 3.63) is 29.6 Å². The van der Waals surface area contributed by atoms with Crippen LogP contribution in [0.2, 0.25) is 0 Å². The first kappa shape index (κ1) is 14.4. The topological polar surface area (TPSA) is 91.8 Å². The predicted molar refractivity (Wildman–Crippen MR) is 70.8 cm³/mol. The lowest BCUT2D eigenvalue weighted by Gasteiger charge is -2.26. The number of aromatic carboxylic acids is 1. The number of hydrogen-bond acceptors (Lipinski definition) is 5. The lowest BCUT2D eigenvalue weighted by molar-refractivity contribution is 0.0383. The second-order valence-corrected chi connectivity index (χ2v) is 4.45. The van der Waals surface area contributed by atoms with Gasteiger partial charge in [-0.2, -0.15) is 0 Å². The Morgan fingerprint density at radius 3 is 2.70 bits per heavy atom. The zero-order chi connectivity index (χ0) is 14.4. The van der Waals surface area contributed by atoms with Gasteiger partial charge in [0.25, 0.3) is 5.91 Å². The minimum absolute atomic E-state index is 0.0742.